The molecule has 0 bridgehead atoms. The summed E-state index contributed by atoms with van der Waals surface area (Å²) in [6.45, 7) is 4.71. The third kappa shape index (κ3) is 2.35. The molecule has 0 aliphatic heterocycles. The number of rotatable bonds is 3. The summed E-state index contributed by atoms with van der Waals surface area (Å²) in [6.07, 6.45) is 5.88. The smallest absolute Gasteiger partial charge is 0.0961 e. The lowest BCUT2D eigenvalue weighted by Gasteiger charge is -2.38. The summed E-state index contributed by atoms with van der Waals surface area (Å²) >= 11 is 0. The second kappa shape index (κ2) is 5.57. The number of nitrogens with one attached hydrogen (secondary N) is 1. The van der Waals surface area contributed by atoms with Gasteiger partial charge < -0.3 is 9.88 Å². The summed E-state index contributed by atoms with van der Waals surface area (Å²) in [5.74, 6) is 1.59. The van der Waals surface area contributed by atoms with Gasteiger partial charge in [-0.2, -0.15) is 0 Å². The first kappa shape index (κ1) is 13.6. The van der Waals surface area contributed by atoms with E-state index in [0.717, 1.165) is 17.4 Å². The van der Waals surface area contributed by atoms with Crippen molar-refractivity contribution in [2.75, 3.05) is 7.05 Å². The highest BCUT2D eigenvalue weighted by atomic mass is 15.1. The van der Waals surface area contributed by atoms with Crippen molar-refractivity contribution >= 4 is 11.0 Å². The molecule has 3 rings (SSSR count). The Morgan fingerprint density at radius 3 is 2.80 bits per heavy atom. The number of aromatic nitrogens is 2. The third-order valence-corrected chi connectivity index (χ3v) is 5.01. The topological polar surface area (TPSA) is 29.9 Å². The molecule has 1 heterocycles. The van der Waals surface area contributed by atoms with Gasteiger partial charge in [0.25, 0.3) is 0 Å². The summed E-state index contributed by atoms with van der Waals surface area (Å²) in [5.41, 5.74) is 2.37. The second-order valence-corrected chi connectivity index (χ2v) is 6.42. The van der Waals surface area contributed by atoms with E-state index in [1.165, 1.54) is 24.8 Å². The molecule has 1 aromatic carbocycles. The fourth-order valence-electron chi connectivity index (χ4n) is 3.67. The first-order valence-corrected chi connectivity index (χ1v) is 7.79. The van der Waals surface area contributed by atoms with Crippen LogP contribution in [0.3, 0.4) is 0 Å². The second-order valence-electron chi connectivity index (χ2n) is 6.42. The lowest BCUT2D eigenvalue weighted by atomic mass is 9.77. The molecule has 0 amide bonds. The van der Waals surface area contributed by atoms with Crippen LogP contribution in [0.4, 0.5) is 0 Å². The molecular weight excluding hydrogens is 246 g/mol. The molecule has 2 aromatic rings. The maximum Gasteiger partial charge on any atom is 0.0961 e. The van der Waals surface area contributed by atoms with Crippen LogP contribution in [0.2, 0.25) is 0 Å². The molecule has 1 aromatic heterocycles. The normalized spacial score (nSPS) is 27.3. The Hall–Kier alpha value is -1.35. The van der Waals surface area contributed by atoms with Gasteiger partial charge in [0.2, 0.25) is 0 Å². The quantitative estimate of drug-likeness (QED) is 0.924. The van der Waals surface area contributed by atoms with Crippen LogP contribution >= 0.6 is 0 Å². The van der Waals surface area contributed by atoms with Crippen LogP contribution in [0.5, 0.6) is 0 Å². The lowest BCUT2D eigenvalue weighted by molar-refractivity contribution is 0.179. The van der Waals surface area contributed by atoms with Crippen molar-refractivity contribution in [2.45, 2.75) is 45.2 Å². The highest BCUT2D eigenvalue weighted by molar-refractivity contribution is 5.75. The molecule has 1 aliphatic carbocycles. The Labute approximate surface area is 121 Å². The van der Waals surface area contributed by atoms with Gasteiger partial charge in [-0.1, -0.05) is 26.0 Å². The largest absolute Gasteiger partial charge is 0.326 e. The fourth-order valence-corrected chi connectivity index (χ4v) is 3.67. The van der Waals surface area contributed by atoms with E-state index < -0.39 is 0 Å². The predicted octanol–water partition coefficient (Wildman–Crippen LogP) is 3.62. The molecule has 0 spiro atoms. The van der Waals surface area contributed by atoms with E-state index in [9.17, 15) is 0 Å². The van der Waals surface area contributed by atoms with Crippen molar-refractivity contribution in [3.63, 3.8) is 0 Å². The first-order chi connectivity index (χ1) is 9.70. The summed E-state index contributed by atoms with van der Waals surface area (Å²) in [5, 5.41) is 3.52. The van der Waals surface area contributed by atoms with Crippen molar-refractivity contribution < 1.29 is 0 Å². The summed E-state index contributed by atoms with van der Waals surface area (Å²) in [6, 6.07) is 9.54. The molecule has 3 nitrogen and oxygen atoms in total. The van der Waals surface area contributed by atoms with E-state index in [2.05, 4.69) is 60.0 Å². The van der Waals surface area contributed by atoms with Gasteiger partial charge in [-0.3, -0.25) is 0 Å². The number of benzene rings is 1. The summed E-state index contributed by atoms with van der Waals surface area (Å²) < 4.78 is 2.39. The molecule has 1 fully saturated rings. The number of likely N-dealkylation sites (N-methyl/N-ethyl adjacent to an activating group) is 1. The molecule has 1 N–H and O–H groups in total. The summed E-state index contributed by atoms with van der Waals surface area (Å²) in [7, 11) is 2.09. The number of hydrogen-bond donors (Lipinski definition) is 1. The first-order valence-electron chi connectivity index (χ1n) is 7.79. The monoisotopic (exact) mass is 271 g/mol. The fraction of sp³-hybridized carbons (Fsp3) is 0.588. The maximum atomic E-state index is 4.57. The van der Waals surface area contributed by atoms with Crippen LogP contribution in [-0.4, -0.2) is 22.6 Å². The molecule has 3 unspecified atom stereocenters. The Balaban J connectivity index is 1.96. The van der Waals surface area contributed by atoms with Crippen molar-refractivity contribution in [1.29, 1.82) is 0 Å². The van der Waals surface area contributed by atoms with E-state index in [0.29, 0.717) is 12.1 Å². The van der Waals surface area contributed by atoms with Gasteiger partial charge in [0.05, 0.1) is 23.4 Å². The minimum atomic E-state index is 0.522. The Morgan fingerprint density at radius 2 is 2.05 bits per heavy atom. The number of imidazole rings is 1. The Morgan fingerprint density at radius 1 is 1.25 bits per heavy atom. The van der Waals surface area contributed by atoms with Crippen molar-refractivity contribution in [1.82, 2.24) is 14.9 Å². The van der Waals surface area contributed by atoms with E-state index in [1.807, 2.05) is 6.33 Å². The van der Waals surface area contributed by atoms with E-state index >= 15 is 0 Å². The molecule has 1 saturated carbocycles. The minimum absolute atomic E-state index is 0.522. The zero-order chi connectivity index (χ0) is 14.1. The summed E-state index contributed by atoms with van der Waals surface area (Å²) in [4.78, 5) is 4.57. The van der Waals surface area contributed by atoms with Crippen molar-refractivity contribution in [2.24, 2.45) is 11.8 Å². The number of fused-ring (bicyclic) bond motifs is 1. The van der Waals surface area contributed by atoms with Crippen LogP contribution < -0.4 is 5.32 Å². The van der Waals surface area contributed by atoms with Gasteiger partial charge in [-0.05, 0) is 50.3 Å². The predicted molar refractivity (Wildman–Crippen MR) is 83.8 cm³/mol. The van der Waals surface area contributed by atoms with Gasteiger partial charge >= 0.3 is 0 Å². The van der Waals surface area contributed by atoms with Gasteiger partial charge in [0.1, 0.15) is 0 Å². The van der Waals surface area contributed by atoms with Crippen molar-refractivity contribution in [3.05, 3.63) is 30.6 Å². The average Bonchev–Trinajstić information content (AvgIpc) is 2.90. The van der Waals surface area contributed by atoms with E-state index in [4.69, 9.17) is 0 Å². The van der Waals surface area contributed by atoms with Gasteiger partial charge in [-0.15, -0.1) is 0 Å². The maximum absolute atomic E-state index is 4.57. The highest BCUT2D eigenvalue weighted by Crippen LogP contribution is 2.37. The Kier molecular flexibility index (Phi) is 3.79. The average molecular weight is 271 g/mol. The molecule has 3 heteroatoms. The minimum Gasteiger partial charge on any atom is -0.326 e. The van der Waals surface area contributed by atoms with Crippen molar-refractivity contribution in [3.8, 4) is 0 Å². The van der Waals surface area contributed by atoms with Crippen LogP contribution in [0.1, 0.15) is 39.2 Å². The van der Waals surface area contributed by atoms with E-state index in [1.54, 1.807) is 0 Å². The molecule has 108 valence electrons. The van der Waals surface area contributed by atoms with Crippen LogP contribution in [0.15, 0.2) is 30.6 Å². The van der Waals surface area contributed by atoms with Crippen LogP contribution in [0.25, 0.3) is 11.0 Å². The molecule has 20 heavy (non-hydrogen) atoms. The SMILES string of the molecule is CNC1CCC(C(C)C)CC1n1cnc2ccccc21. The third-order valence-electron chi connectivity index (χ3n) is 5.01. The van der Waals surface area contributed by atoms with Gasteiger partial charge in [-0.25, -0.2) is 4.98 Å². The van der Waals surface area contributed by atoms with Crippen LogP contribution in [-0.2, 0) is 0 Å². The highest BCUT2D eigenvalue weighted by Gasteiger charge is 2.32. The molecular formula is C17H25N3. The van der Waals surface area contributed by atoms with E-state index in [-0.39, 0.29) is 0 Å². The molecule has 3 atom stereocenters. The zero-order valence-corrected chi connectivity index (χ0v) is 12.7. The lowest BCUT2D eigenvalue weighted by Crippen LogP contribution is -2.40. The number of para-hydroxylation sites is 2. The standard InChI is InChI=1S/C17H25N3/c1-12(2)13-8-9-14(18-3)17(10-13)20-11-19-15-6-4-5-7-16(15)20/h4-7,11-14,17-18H,8-10H2,1-3H3. The van der Waals surface area contributed by atoms with Crippen LogP contribution in [0, 0.1) is 11.8 Å². The number of hydrogen-bond acceptors (Lipinski definition) is 2. The van der Waals surface area contributed by atoms with Gasteiger partial charge in [0.15, 0.2) is 0 Å². The molecule has 0 radical (unpaired) electrons. The van der Waals surface area contributed by atoms with Gasteiger partial charge in [0, 0.05) is 6.04 Å². The zero-order valence-electron chi connectivity index (χ0n) is 12.7. The molecule has 1 aliphatic rings. The Bertz CT molecular complexity index is 572. The number of nitrogens with zero attached hydrogens (tertiary/aromatic N) is 2. The molecule has 0 saturated heterocycles.